The highest BCUT2D eigenvalue weighted by atomic mass is 35.5. The molecule has 0 saturated heterocycles. The van der Waals surface area contributed by atoms with Crippen LogP contribution in [0.3, 0.4) is 0 Å². The Hall–Kier alpha value is -3.31. The number of hydrazone groups is 1. The van der Waals surface area contributed by atoms with Gasteiger partial charge in [0.15, 0.2) is 6.61 Å². The van der Waals surface area contributed by atoms with Gasteiger partial charge in [-0.3, -0.25) is 4.79 Å². The molecule has 32 heavy (non-hydrogen) atoms. The molecular formula is C26H27ClN2O3. The second-order valence-corrected chi connectivity index (χ2v) is 8.03. The van der Waals surface area contributed by atoms with E-state index in [0.717, 1.165) is 17.5 Å². The zero-order valence-electron chi connectivity index (χ0n) is 18.2. The van der Waals surface area contributed by atoms with Crippen molar-refractivity contribution in [1.82, 2.24) is 5.43 Å². The lowest BCUT2D eigenvalue weighted by molar-refractivity contribution is -0.123. The van der Waals surface area contributed by atoms with Gasteiger partial charge < -0.3 is 9.84 Å². The fourth-order valence-electron chi connectivity index (χ4n) is 3.16. The fourth-order valence-corrected chi connectivity index (χ4v) is 3.36. The van der Waals surface area contributed by atoms with Crippen LogP contribution >= 0.6 is 11.6 Å². The van der Waals surface area contributed by atoms with E-state index in [1.807, 2.05) is 60.7 Å². The first-order chi connectivity index (χ1) is 15.5. The molecule has 1 atom stereocenters. The Morgan fingerprint density at radius 3 is 2.62 bits per heavy atom. The van der Waals surface area contributed by atoms with Crippen molar-refractivity contribution in [1.29, 1.82) is 0 Å². The smallest absolute Gasteiger partial charge is 0.277 e. The normalized spacial score (nSPS) is 12.0. The Balaban J connectivity index is 1.53. The number of carbonyl (C=O) groups excluding carboxylic acids is 1. The maximum Gasteiger partial charge on any atom is 0.277 e. The average Bonchev–Trinajstić information content (AvgIpc) is 2.81. The number of nitrogens with one attached hydrogen (secondary N) is 1. The van der Waals surface area contributed by atoms with Gasteiger partial charge in [-0.25, -0.2) is 5.43 Å². The maximum atomic E-state index is 12.0. The molecule has 0 saturated carbocycles. The lowest BCUT2D eigenvalue weighted by atomic mass is 9.99. The van der Waals surface area contributed by atoms with E-state index >= 15 is 0 Å². The van der Waals surface area contributed by atoms with Crippen LogP contribution < -0.4 is 10.2 Å². The third-order valence-corrected chi connectivity index (χ3v) is 5.64. The lowest BCUT2D eigenvalue weighted by Gasteiger charge is -2.10. The summed E-state index contributed by atoms with van der Waals surface area (Å²) in [6.45, 7) is 4.17. The van der Waals surface area contributed by atoms with Gasteiger partial charge in [0.2, 0.25) is 0 Å². The number of hydrogen-bond donors (Lipinski definition) is 2. The molecule has 2 N–H and O–H groups in total. The van der Waals surface area contributed by atoms with Crippen molar-refractivity contribution >= 4 is 23.7 Å². The van der Waals surface area contributed by atoms with Crippen LogP contribution in [-0.4, -0.2) is 23.8 Å². The summed E-state index contributed by atoms with van der Waals surface area (Å²) >= 11 is 6.23. The lowest BCUT2D eigenvalue weighted by Crippen LogP contribution is -2.24. The SMILES string of the molecule is CCC(C)c1ccc(OCC(=O)N/N=C/c2cc(Cc3ccccc3Cl)ccc2O)cc1. The maximum absolute atomic E-state index is 12.0. The summed E-state index contributed by atoms with van der Waals surface area (Å²) in [5.74, 6) is 0.796. The second kappa shape index (κ2) is 11.3. The largest absolute Gasteiger partial charge is 0.507 e. The molecule has 5 nitrogen and oxygen atoms in total. The number of ether oxygens (including phenoxy) is 1. The van der Waals surface area contributed by atoms with Gasteiger partial charge in [0.05, 0.1) is 6.21 Å². The number of nitrogens with zero attached hydrogens (tertiary/aromatic N) is 1. The molecule has 0 radical (unpaired) electrons. The number of aromatic hydroxyl groups is 1. The third-order valence-electron chi connectivity index (χ3n) is 5.27. The molecule has 1 amide bonds. The molecule has 0 aliphatic heterocycles. The molecule has 6 heteroatoms. The first-order valence-electron chi connectivity index (χ1n) is 10.6. The van der Waals surface area contributed by atoms with E-state index in [2.05, 4.69) is 24.4 Å². The summed E-state index contributed by atoms with van der Waals surface area (Å²) in [7, 11) is 0. The van der Waals surface area contributed by atoms with Crippen molar-refractivity contribution in [3.63, 3.8) is 0 Å². The molecule has 0 aromatic heterocycles. The van der Waals surface area contributed by atoms with Gasteiger partial charge in [-0.1, -0.05) is 61.8 Å². The molecule has 1 unspecified atom stereocenters. The average molecular weight is 451 g/mol. The molecule has 3 aromatic carbocycles. The van der Waals surface area contributed by atoms with Crippen molar-refractivity contribution in [2.75, 3.05) is 6.61 Å². The van der Waals surface area contributed by atoms with Gasteiger partial charge in [0.25, 0.3) is 5.91 Å². The van der Waals surface area contributed by atoms with Crippen molar-refractivity contribution in [2.24, 2.45) is 5.10 Å². The van der Waals surface area contributed by atoms with E-state index in [1.165, 1.54) is 11.8 Å². The monoisotopic (exact) mass is 450 g/mol. The first-order valence-corrected chi connectivity index (χ1v) is 10.9. The zero-order valence-corrected chi connectivity index (χ0v) is 19.0. The van der Waals surface area contributed by atoms with Crippen LogP contribution in [0.4, 0.5) is 0 Å². The molecule has 166 valence electrons. The van der Waals surface area contributed by atoms with Gasteiger partial charge in [-0.15, -0.1) is 0 Å². The highest BCUT2D eigenvalue weighted by Crippen LogP contribution is 2.23. The number of phenolic OH excluding ortho intramolecular Hbond substituents is 1. The standard InChI is InChI=1S/C26H27ClN2O3/c1-3-18(2)20-9-11-23(12-10-20)32-17-26(31)29-28-16-22-15-19(8-13-25(22)30)14-21-6-4-5-7-24(21)27/h4-13,15-16,18,30H,3,14,17H2,1-2H3,(H,29,31)/b28-16+. The second-order valence-electron chi connectivity index (χ2n) is 7.62. The van der Waals surface area contributed by atoms with E-state index in [9.17, 15) is 9.90 Å². The summed E-state index contributed by atoms with van der Waals surface area (Å²) in [4.78, 5) is 12.0. The molecule has 0 aliphatic rings. The molecule has 0 aliphatic carbocycles. The molecule has 0 bridgehead atoms. The van der Waals surface area contributed by atoms with Crippen LogP contribution in [-0.2, 0) is 11.2 Å². The third kappa shape index (κ3) is 6.59. The highest BCUT2D eigenvalue weighted by Gasteiger charge is 2.07. The summed E-state index contributed by atoms with van der Waals surface area (Å²) in [5, 5.41) is 14.7. The Kier molecular flexibility index (Phi) is 8.28. The number of halogens is 1. The Labute approximate surface area is 193 Å². The quantitative estimate of drug-likeness (QED) is 0.325. The van der Waals surface area contributed by atoms with E-state index < -0.39 is 0 Å². The van der Waals surface area contributed by atoms with Gasteiger partial charge in [0, 0.05) is 10.6 Å². The number of benzene rings is 3. The predicted octanol–water partition coefficient (Wildman–Crippen LogP) is 5.68. The molecule has 0 heterocycles. The number of phenols is 1. The predicted molar refractivity (Wildman–Crippen MR) is 129 cm³/mol. The van der Waals surface area contributed by atoms with Gasteiger partial charge in [-0.05, 0) is 65.8 Å². The number of amides is 1. The summed E-state index contributed by atoms with van der Waals surface area (Å²) in [6, 6.07) is 20.6. The Morgan fingerprint density at radius 1 is 1.16 bits per heavy atom. The summed E-state index contributed by atoms with van der Waals surface area (Å²) in [5.41, 5.74) is 6.11. The molecule has 0 spiro atoms. The Bertz CT molecular complexity index is 1080. The van der Waals surface area contributed by atoms with Crippen LogP contribution in [0.1, 0.15) is 48.4 Å². The Morgan fingerprint density at radius 2 is 1.91 bits per heavy atom. The summed E-state index contributed by atoms with van der Waals surface area (Å²) in [6.07, 6.45) is 3.10. The van der Waals surface area contributed by atoms with Gasteiger partial charge in [0.1, 0.15) is 11.5 Å². The van der Waals surface area contributed by atoms with E-state index in [4.69, 9.17) is 16.3 Å². The van der Waals surface area contributed by atoms with Crippen molar-refractivity contribution < 1.29 is 14.6 Å². The van der Waals surface area contributed by atoms with Gasteiger partial charge in [-0.2, -0.15) is 5.10 Å². The fraction of sp³-hybridized carbons (Fsp3) is 0.231. The summed E-state index contributed by atoms with van der Waals surface area (Å²) < 4.78 is 5.51. The van der Waals surface area contributed by atoms with Crippen LogP contribution in [0.5, 0.6) is 11.5 Å². The van der Waals surface area contributed by atoms with Crippen LogP contribution in [0.25, 0.3) is 0 Å². The van der Waals surface area contributed by atoms with E-state index in [-0.39, 0.29) is 18.3 Å². The van der Waals surface area contributed by atoms with Crippen molar-refractivity contribution in [3.8, 4) is 11.5 Å². The number of rotatable bonds is 9. The molecule has 3 rings (SSSR count). The molecular weight excluding hydrogens is 424 g/mol. The minimum Gasteiger partial charge on any atom is -0.507 e. The van der Waals surface area contributed by atoms with Crippen molar-refractivity contribution in [2.45, 2.75) is 32.6 Å². The van der Waals surface area contributed by atoms with Crippen LogP contribution in [0, 0.1) is 0 Å². The topological polar surface area (TPSA) is 70.9 Å². The van der Waals surface area contributed by atoms with Crippen LogP contribution in [0.15, 0.2) is 71.8 Å². The number of carbonyl (C=O) groups is 1. The highest BCUT2D eigenvalue weighted by molar-refractivity contribution is 6.31. The van der Waals surface area contributed by atoms with Crippen molar-refractivity contribution in [3.05, 3.63) is 94.0 Å². The van der Waals surface area contributed by atoms with E-state index in [1.54, 1.807) is 6.07 Å². The van der Waals surface area contributed by atoms with E-state index in [0.29, 0.717) is 28.7 Å². The number of hydrogen-bond acceptors (Lipinski definition) is 4. The van der Waals surface area contributed by atoms with Crippen LogP contribution in [0.2, 0.25) is 5.02 Å². The minimum absolute atomic E-state index is 0.0727. The zero-order chi connectivity index (χ0) is 22.9. The minimum atomic E-state index is -0.390. The first kappa shape index (κ1) is 23.4. The molecule has 0 fully saturated rings. The molecule has 3 aromatic rings. The van der Waals surface area contributed by atoms with Gasteiger partial charge >= 0.3 is 0 Å².